The third-order valence-electron chi connectivity index (χ3n) is 1.69. The molecule has 0 spiro atoms. The zero-order valence-electron chi connectivity index (χ0n) is 7.27. The zero-order chi connectivity index (χ0) is 9.26. The molecule has 0 aromatic carbocycles. The highest BCUT2D eigenvalue weighted by Crippen LogP contribution is 2.17. The van der Waals surface area contributed by atoms with Gasteiger partial charge in [-0.15, -0.1) is 0 Å². The van der Waals surface area contributed by atoms with Gasteiger partial charge >= 0.3 is 0 Å². The molecule has 0 aliphatic heterocycles. The minimum Gasteiger partial charge on any atom is -0.438 e. The number of rotatable bonds is 2. The Kier molecular flexibility index (Phi) is 1.86. The maximum absolute atomic E-state index is 5.36. The molecule has 0 radical (unpaired) electrons. The van der Waals surface area contributed by atoms with Crippen molar-refractivity contribution in [1.29, 1.82) is 0 Å². The van der Waals surface area contributed by atoms with Crippen molar-refractivity contribution in [3.8, 4) is 11.5 Å². The Morgan fingerprint density at radius 1 is 1.54 bits per heavy atom. The lowest BCUT2D eigenvalue weighted by Gasteiger charge is -1.87. The second kappa shape index (κ2) is 3.02. The van der Waals surface area contributed by atoms with Crippen LogP contribution in [0.5, 0.6) is 0 Å². The highest BCUT2D eigenvalue weighted by atomic mass is 16.4. The van der Waals surface area contributed by atoms with E-state index in [1.165, 1.54) is 0 Å². The number of oxazole rings is 1. The first-order valence-corrected chi connectivity index (χ1v) is 3.92. The molecule has 0 aliphatic carbocycles. The standard InChI is InChI=1S/C8H10N4O/c1-12-4-6(11-5-12)7-3-10-8(2-9)13-7/h3-5H,2,9H2,1H3. The van der Waals surface area contributed by atoms with Crippen LogP contribution in [0, 0.1) is 0 Å². The summed E-state index contributed by atoms with van der Waals surface area (Å²) in [6, 6.07) is 0. The molecule has 2 heterocycles. The highest BCUT2D eigenvalue weighted by molar-refractivity contribution is 5.48. The Balaban J connectivity index is 2.35. The van der Waals surface area contributed by atoms with Gasteiger partial charge in [-0.1, -0.05) is 0 Å². The number of hydrogen-bond donors (Lipinski definition) is 1. The van der Waals surface area contributed by atoms with Crippen molar-refractivity contribution in [2.75, 3.05) is 0 Å². The predicted molar refractivity (Wildman–Crippen MR) is 46.6 cm³/mol. The summed E-state index contributed by atoms with van der Waals surface area (Å²) in [6.07, 6.45) is 5.20. The topological polar surface area (TPSA) is 69.9 Å². The van der Waals surface area contributed by atoms with E-state index in [4.69, 9.17) is 10.2 Å². The fourth-order valence-electron chi connectivity index (χ4n) is 1.06. The quantitative estimate of drug-likeness (QED) is 0.728. The largest absolute Gasteiger partial charge is 0.438 e. The summed E-state index contributed by atoms with van der Waals surface area (Å²) in [4.78, 5) is 8.10. The first kappa shape index (κ1) is 8.00. The van der Waals surface area contributed by atoms with E-state index in [2.05, 4.69) is 9.97 Å². The predicted octanol–water partition coefficient (Wildman–Crippen LogP) is 0.534. The number of imidazole rings is 1. The van der Waals surface area contributed by atoms with Crippen molar-refractivity contribution < 1.29 is 4.42 Å². The summed E-state index contributed by atoms with van der Waals surface area (Å²) >= 11 is 0. The van der Waals surface area contributed by atoms with Gasteiger partial charge in [-0.3, -0.25) is 0 Å². The van der Waals surface area contributed by atoms with Crippen molar-refractivity contribution in [3.63, 3.8) is 0 Å². The van der Waals surface area contributed by atoms with E-state index in [1.807, 2.05) is 17.8 Å². The third kappa shape index (κ3) is 1.46. The van der Waals surface area contributed by atoms with E-state index in [0.29, 0.717) is 18.2 Å². The molecule has 0 amide bonds. The molecule has 68 valence electrons. The summed E-state index contributed by atoms with van der Waals surface area (Å²) in [5, 5.41) is 0. The molecule has 5 nitrogen and oxygen atoms in total. The van der Waals surface area contributed by atoms with Gasteiger partial charge in [0.1, 0.15) is 5.69 Å². The number of nitrogens with zero attached hydrogens (tertiary/aromatic N) is 3. The van der Waals surface area contributed by atoms with Crippen LogP contribution in [0.15, 0.2) is 23.1 Å². The van der Waals surface area contributed by atoms with Crippen molar-refractivity contribution in [2.45, 2.75) is 6.54 Å². The molecule has 0 saturated carbocycles. The van der Waals surface area contributed by atoms with Crippen LogP contribution in [-0.4, -0.2) is 14.5 Å². The van der Waals surface area contributed by atoms with E-state index in [0.717, 1.165) is 5.69 Å². The van der Waals surface area contributed by atoms with Gasteiger partial charge in [0, 0.05) is 13.2 Å². The summed E-state index contributed by atoms with van der Waals surface area (Å²) in [5.74, 6) is 1.18. The molecule has 0 atom stereocenters. The Hall–Kier alpha value is -1.62. The number of aromatic nitrogens is 3. The lowest BCUT2D eigenvalue weighted by molar-refractivity contribution is 0.508. The minimum atomic E-state index is 0.312. The molecule has 2 rings (SSSR count). The first-order chi connectivity index (χ1) is 6.29. The second-order valence-electron chi connectivity index (χ2n) is 2.75. The normalized spacial score (nSPS) is 10.6. The van der Waals surface area contributed by atoms with Gasteiger partial charge in [0.05, 0.1) is 19.1 Å². The van der Waals surface area contributed by atoms with Crippen LogP contribution >= 0.6 is 0 Å². The molecule has 0 bridgehead atoms. The van der Waals surface area contributed by atoms with Crippen molar-refractivity contribution >= 4 is 0 Å². The van der Waals surface area contributed by atoms with Crippen LogP contribution in [0.4, 0.5) is 0 Å². The Labute approximate surface area is 75.2 Å². The molecule has 13 heavy (non-hydrogen) atoms. The SMILES string of the molecule is Cn1cnc(-c2cnc(CN)o2)c1. The van der Waals surface area contributed by atoms with Crippen LogP contribution in [0.25, 0.3) is 11.5 Å². The van der Waals surface area contributed by atoms with Crippen LogP contribution in [0.2, 0.25) is 0 Å². The number of hydrogen-bond acceptors (Lipinski definition) is 4. The van der Waals surface area contributed by atoms with Crippen LogP contribution < -0.4 is 5.73 Å². The third-order valence-corrected chi connectivity index (χ3v) is 1.69. The number of aryl methyl sites for hydroxylation is 1. The molecule has 0 fully saturated rings. The first-order valence-electron chi connectivity index (χ1n) is 3.92. The summed E-state index contributed by atoms with van der Waals surface area (Å²) in [6.45, 7) is 0.312. The molecule has 2 aromatic rings. The van der Waals surface area contributed by atoms with Gasteiger partial charge in [-0.25, -0.2) is 9.97 Å². The van der Waals surface area contributed by atoms with Gasteiger partial charge < -0.3 is 14.7 Å². The van der Waals surface area contributed by atoms with E-state index >= 15 is 0 Å². The molecular weight excluding hydrogens is 168 g/mol. The van der Waals surface area contributed by atoms with E-state index in [1.54, 1.807) is 12.5 Å². The monoisotopic (exact) mass is 178 g/mol. The second-order valence-corrected chi connectivity index (χ2v) is 2.75. The van der Waals surface area contributed by atoms with Gasteiger partial charge in [0.2, 0.25) is 5.89 Å². The molecule has 0 saturated heterocycles. The van der Waals surface area contributed by atoms with Gasteiger partial charge in [0.15, 0.2) is 5.76 Å². The molecule has 0 aliphatic rings. The average molecular weight is 178 g/mol. The van der Waals surface area contributed by atoms with Crippen LogP contribution in [0.3, 0.4) is 0 Å². The molecular formula is C8H10N4O. The van der Waals surface area contributed by atoms with E-state index in [9.17, 15) is 0 Å². The lowest BCUT2D eigenvalue weighted by Crippen LogP contribution is -1.94. The highest BCUT2D eigenvalue weighted by Gasteiger charge is 2.06. The van der Waals surface area contributed by atoms with E-state index in [-0.39, 0.29) is 0 Å². The molecule has 2 N–H and O–H groups in total. The van der Waals surface area contributed by atoms with E-state index < -0.39 is 0 Å². The fraction of sp³-hybridized carbons (Fsp3) is 0.250. The minimum absolute atomic E-state index is 0.312. The molecule has 2 aromatic heterocycles. The van der Waals surface area contributed by atoms with Crippen LogP contribution in [-0.2, 0) is 13.6 Å². The molecule has 5 heteroatoms. The summed E-state index contributed by atoms with van der Waals surface area (Å²) < 4.78 is 7.17. The van der Waals surface area contributed by atoms with Crippen LogP contribution in [0.1, 0.15) is 5.89 Å². The summed E-state index contributed by atoms with van der Waals surface area (Å²) in [7, 11) is 1.90. The molecule has 0 unspecified atom stereocenters. The smallest absolute Gasteiger partial charge is 0.208 e. The Morgan fingerprint density at radius 3 is 2.92 bits per heavy atom. The van der Waals surface area contributed by atoms with Crippen molar-refractivity contribution in [3.05, 3.63) is 24.6 Å². The average Bonchev–Trinajstić information content (AvgIpc) is 2.71. The van der Waals surface area contributed by atoms with Crippen molar-refractivity contribution in [2.24, 2.45) is 12.8 Å². The van der Waals surface area contributed by atoms with Gasteiger partial charge in [0.25, 0.3) is 0 Å². The fourth-order valence-corrected chi connectivity index (χ4v) is 1.06. The summed E-state index contributed by atoms with van der Waals surface area (Å²) in [5.41, 5.74) is 6.14. The maximum Gasteiger partial charge on any atom is 0.208 e. The Morgan fingerprint density at radius 2 is 2.38 bits per heavy atom. The lowest BCUT2D eigenvalue weighted by atomic mass is 10.4. The number of nitrogens with two attached hydrogens (primary N) is 1. The van der Waals surface area contributed by atoms with Crippen molar-refractivity contribution in [1.82, 2.24) is 14.5 Å². The van der Waals surface area contributed by atoms with Gasteiger partial charge in [-0.05, 0) is 0 Å². The van der Waals surface area contributed by atoms with Gasteiger partial charge in [-0.2, -0.15) is 0 Å². The Bertz CT molecular complexity index is 404. The maximum atomic E-state index is 5.36. The zero-order valence-corrected chi connectivity index (χ0v) is 7.27.